The first kappa shape index (κ1) is 14.5. The van der Waals surface area contributed by atoms with Crippen LogP contribution in [0, 0.1) is 12.7 Å². The summed E-state index contributed by atoms with van der Waals surface area (Å²) in [5, 5.41) is 14.6. The number of nitrogens with one attached hydrogen (secondary N) is 1. The number of hydrogen-bond acceptors (Lipinski definition) is 4. The first-order valence-corrected chi connectivity index (χ1v) is 7.12. The smallest absolute Gasteiger partial charge is 0.224 e. The maximum absolute atomic E-state index is 13.4. The van der Waals surface area contributed by atoms with Crippen molar-refractivity contribution in [1.29, 1.82) is 0 Å². The molecule has 2 N–H and O–H groups in total. The van der Waals surface area contributed by atoms with Crippen molar-refractivity contribution in [2.24, 2.45) is 0 Å². The van der Waals surface area contributed by atoms with Crippen LogP contribution in [0.4, 0.5) is 10.1 Å². The van der Waals surface area contributed by atoms with Crippen molar-refractivity contribution < 1.29 is 14.3 Å². The third-order valence-corrected chi connectivity index (χ3v) is 3.55. The minimum Gasteiger partial charge on any atom is -0.508 e. The van der Waals surface area contributed by atoms with E-state index in [2.05, 4.69) is 10.3 Å². The molecule has 1 amide bonds. The topological polar surface area (TPSA) is 62.2 Å². The van der Waals surface area contributed by atoms with Crippen LogP contribution in [0.5, 0.6) is 5.75 Å². The van der Waals surface area contributed by atoms with Crippen molar-refractivity contribution in [3.63, 3.8) is 0 Å². The van der Waals surface area contributed by atoms with E-state index in [1.165, 1.54) is 12.1 Å². The molecule has 0 unspecified atom stereocenters. The van der Waals surface area contributed by atoms with Crippen LogP contribution in [0.3, 0.4) is 0 Å². The summed E-state index contributed by atoms with van der Waals surface area (Å²) in [4.78, 5) is 16.0. The van der Waals surface area contributed by atoms with E-state index in [9.17, 15) is 9.18 Å². The van der Waals surface area contributed by atoms with Gasteiger partial charge >= 0.3 is 0 Å². The van der Waals surface area contributed by atoms with Crippen LogP contribution in [-0.2, 0) is 11.2 Å². The Bertz CT molecular complexity index is 613. The Kier molecular flexibility index (Phi) is 4.68. The molecule has 20 heavy (non-hydrogen) atoms. The Hall–Kier alpha value is -1.95. The molecule has 0 saturated carbocycles. The lowest BCUT2D eigenvalue weighted by molar-refractivity contribution is -0.116. The van der Waals surface area contributed by atoms with Crippen molar-refractivity contribution in [3.8, 4) is 5.75 Å². The zero-order chi connectivity index (χ0) is 14.5. The van der Waals surface area contributed by atoms with Crippen LogP contribution >= 0.6 is 11.3 Å². The number of nitrogens with zero attached hydrogens (tertiary/aromatic N) is 1. The molecule has 2 aromatic rings. The van der Waals surface area contributed by atoms with E-state index in [4.69, 9.17) is 5.11 Å². The second-order valence-electron chi connectivity index (χ2n) is 4.42. The molecule has 4 nitrogen and oxygen atoms in total. The number of halogens is 1. The van der Waals surface area contributed by atoms with Gasteiger partial charge in [-0.25, -0.2) is 9.37 Å². The van der Waals surface area contributed by atoms with E-state index in [0.717, 1.165) is 23.2 Å². The third kappa shape index (κ3) is 4.03. The number of carbonyl (C=O) groups excluding carboxylic acids is 1. The molecule has 0 aliphatic heterocycles. The van der Waals surface area contributed by atoms with Crippen LogP contribution < -0.4 is 5.32 Å². The molecular formula is C14H15FN2O2S. The van der Waals surface area contributed by atoms with Crippen LogP contribution in [0.2, 0.25) is 0 Å². The van der Waals surface area contributed by atoms with E-state index in [1.807, 2.05) is 12.3 Å². The summed E-state index contributed by atoms with van der Waals surface area (Å²) >= 11 is 1.58. The fraction of sp³-hybridized carbons (Fsp3) is 0.286. The number of phenols is 1. The minimum absolute atomic E-state index is 0.0808. The molecule has 0 bridgehead atoms. The molecule has 1 heterocycles. The van der Waals surface area contributed by atoms with Gasteiger partial charge in [0.15, 0.2) is 0 Å². The molecule has 0 atom stereocenters. The van der Waals surface area contributed by atoms with Crippen molar-refractivity contribution in [3.05, 3.63) is 40.1 Å². The summed E-state index contributed by atoms with van der Waals surface area (Å²) in [7, 11) is 0. The summed E-state index contributed by atoms with van der Waals surface area (Å²) in [6, 6.07) is 3.64. The molecule has 106 valence electrons. The zero-order valence-electron chi connectivity index (χ0n) is 11.0. The number of aromatic hydroxyl groups is 1. The number of benzene rings is 1. The molecule has 0 saturated heterocycles. The second kappa shape index (κ2) is 6.47. The van der Waals surface area contributed by atoms with Gasteiger partial charge < -0.3 is 10.4 Å². The van der Waals surface area contributed by atoms with E-state index < -0.39 is 5.82 Å². The maximum atomic E-state index is 13.4. The number of aromatic nitrogens is 1. The van der Waals surface area contributed by atoms with Gasteiger partial charge in [0.05, 0.1) is 16.4 Å². The van der Waals surface area contributed by atoms with Gasteiger partial charge in [-0.2, -0.15) is 0 Å². The number of rotatable bonds is 5. The predicted molar refractivity (Wildman–Crippen MR) is 76.5 cm³/mol. The number of anilines is 1. The molecule has 1 aromatic carbocycles. The zero-order valence-corrected chi connectivity index (χ0v) is 11.8. The van der Waals surface area contributed by atoms with Crippen molar-refractivity contribution in [2.75, 3.05) is 5.32 Å². The Morgan fingerprint density at radius 2 is 2.30 bits per heavy atom. The Morgan fingerprint density at radius 1 is 1.50 bits per heavy atom. The molecule has 0 aliphatic carbocycles. The van der Waals surface area contributed by atoms with Crippen LogP contribution in [0.25, 0.3) is 0 Å². The lowest BCUT2D eigenvalue weighted by atomic mass is 10.2. The highest BCUT2D eigenvalue weighted by atomic mass is 32.1. The highest BCUT2D eigenvalue weighted by molar-refractivity contribution is 7.09. The highest BCUT2D eigenvalue weighted by Crippen LogP contribution is 2.19. The van der Waals surface area contributed by atoms with Gasteiger partial charge in [0.2, 0.25) is 5.91 Å². The molecule has 6 heteroatoms. The van der Waals surface area contributed by atoms with Gasteiger partial charge in [-0.05, 0) is 31.9 Å². The van der Waals surface area contributed by atoms with E-state index in [1.54, 1.807) is 11.3 Å². The van der Waals surface area contributed by atoms with Crippen molar-refractivity contribution in [2.45, 2.75) is 26.2 Å². The predicted octanol–water partition coefficient (Wildman–Crippen LogP) is 3.26. The molecule has 0 radical (unpaired) electrons. The first-order valence-electron chi connectivity index (χ1n) is 6.24. The SMILES string of the molecule is Cc1nc(CCCC(=O)Nc2ccc(O)cc2F)cs1. The average Bonchev–Trinajstić information content (AvgIpc) is 2.79. The van der Waals surface area contributed by atoms with Crippen molar-refractivity contribution in [1.82, 2.24) is 4.98 Å². The molecule has 1 aromatic heterocycles. The fourth-order valence-corrected chi connectivity index (χ4v) is 2.42. The fourth-order valence-electron chi connectivity index (χ4n) is 1.77. The number of hydrogen-bond donors (Lipinski definition) is 2. The molecule has 2 rings (SSSR count). The quantitative estimate of drug-likeness (QED) is 0.832. The summed E-state index contributed by atoms with van der Waals surface area (Å²) < 4.78 is 13.4. The van der Waals surface area contributed by atoms with Gasteiger partial charge in [0.25, 0.3) is 0 Å². The molecular weight excluding hydrogens is 279 g/mol. The van der Waals surface area contributed by atoms with Gasteiger partial charge in [0.1, 0.15) is 11.6 Å². The van der Waals surface area contributed by atoms with Gasteiger partial charge in [-0.1, -0.05) is 0 Å². The Balaban J connectivity index is 1.80. The summed E-state index contributed by atoms with van der Waals surface area (Å²) in [5.74, 6) is -1.06. The summed E-state index contributed by atoms with van der Waals surface area (Å²) in [6.45, 7) is 1.94. The number of aryl methyl sites for hydroxylation is 2. The number of amides is 1. The van der Waals surface area contributed by atoms with Gasteiger partial charge in [0, 0.05) is 17.9 Å². The standard InChI is InChI=1S/C14H15FN2O2S/c1-9-16-10(8-20-9)3-2-4-14(19)17-13-6-5-11(18)7-12(13)15/h5-8,18H,2-4H2,1H3,(H,17,19). The van der Waals surface area contributed by atoms with Crippen LogP contribution in [0.15, 0.2) is 23.6 Å². The van der Waals surface area contributed by atoms with Crippen LogP contribution in [0.1, 0.15) is 23.5 Å². The van der Waals surface area contributed by atoms with E-state index in [-0.39, 0.29) is 17.3 Å². The van der Waals surface area contributed by atoms with E-state index >= 15 is 0 Å². The van der Waals surface area contributed by atoms with Gasteiger partial charge in [-0.15, -0.1) is 11.3 Å². The first-order chi connectivity index (χ1) is 9.54. The third-order valence-electron chi connectivity index (χ3n) is 2.73. The lowest BCUT2D eigenvalue weighted by Crippen LogP contribution is -2.12. The minimum atomic E-state index is -0.645. The number of thiazole rings is 1. The summed E-state index contributed by atoms with van der Waals surface area (Å²) in [6.07, 6.45) is 1.70. The molecule has 0 aliphatic rings. The van der Waals surface area contributed by atoms with Gasteiger partial charge in [-0.3, -0.25) is 4.79 Å². The maximum Gasteiger partial charge on any atom is 0.224 e. The monoisotopic (exact) mass is 294 g/mol. The highest BCUT2D eigenvalue weighted by Gasteiger charge is 2.08. The normalized spacial score (nSPS) is 10.5. The largest absolute Gasteiger partial charge is 0.508 e. The molecule has 0 fully saturated rings. The van der Waals surface area contributed by atoms with Crippen molar-refractivity contribution >= 4 is 22.9 Å². The van der Waals surface area contributed by atoms with E-state index in [0.29, 0.717) is 12.8 Å². The lowest BCUT2D eigenvalue weighted by Gasteiger charge is -2.06. The Labute approximate surface area is 120 Å². The van der Waals surface area contributed by atoms with Crippen LogP contribution in [-0.4, -0.2) is 16.0 Å². The summed E-state index contributed by atoms with van der Waals surface area (Å²) in [5.41, 5.74) is 1.06. The average molecular weight is 294 g/mol. The molecule has 0 spiro atoms. The second-order valence-corrected chi connectivity index (χ2v) is 5.49. The number of carbonyl (C=O) groups is 1. The number of phenolic OH excluding ortho intramolecular Hbond substituents is 1. The Morgan fingerprint density at radius 3 is 2.95 bits per heavy atom.